The number of ether oxygens (including phenoxy) is 1. The molecule has 3 aromatic rings. The second-order valence-electron chi connectivity index (χ2n) is 7.31. The molecule has 36 heavy (non-hydrogen) atoms. The maximum Gasteiger partial charge on any atom is 0.416 e. The van der Waals surface area contributed by atoms with Gasteiger partial charge >= 0.3 is 12.2 Å². The molecule has 3 rings (SSSR count). The van der Waals surface area contributed by atoms with Crippen LogP contribution in [0.3, 0.4) is 0 Å². The van der Waals surface area contributed by atoms with Crippen LogP contribution >= 0.6 is 11.6 Å². The van der Waals surface area contributed by atoms with Gasteiger partial charge in [0.2, 0.25) is 5.78 Å². The topological polar surface area (TPSA) is 109 Å². The molecule has 0 spiro atoms. The number of hydrogen-bond donors (Lipinski definition) is 3. The molecule has 0 fully saturated rings. The fourth-order valence-corrected chi connectivity index (χ4v) is 4.27. The highest BCUT2D eigenvalue weighted by Crippen LogP contribution is 2.34. The quantitative estimate of drug-likeness (QED) is 0.357. The molecule has 0 saturated carbocycles. The predicted molar refractivity (Wildman–Crippen MR) is 130 cm³/mol. The smallest absolute Gasteiger partial charge is 0.416 e. The first kappa shape index (κ1) is 27.0. The highest BCUT2D eigenvalue weighted by Gasteiger charge is 2.33. The number of hydrogen-bond acceptors (Lipinski definition) is 5. The molecule has 0 saturated heterocycles. The molecule has 0 aliphatic carbocycles. The summed E-state index contributed by atoms with van der Waals surface area (Å²) in [5.41, 5.74) is -1.03. The minimum absolute atomic E-state index is 0.0183. The summed E-state index contributed by atoms with van der Waals surface area (Å²) in [5.74, 6) is -0.633. The Bertz CT molecular complexity index is 1350. The number of methoxy groups -OCH3 is 1. The molecule has 0 radical (unpaired) electrons. The maximum atomic E-state index is 13.4. The van der Waals surface area contributed by atoms with Crippen molar-refractivity contribution in [3.63, 3.8) is 0 Å². The summed E-state index contributed by atoms with van der Waals surface area (Å²) >= 11 is 6.02. The lowest BCUT2D eigenvalue weighted by molar-refractivity contribution is -0.138. The number of para-hydroxylation sites is 1. The first-order valence-corrected chi connectivity index (χ1v) is 11.7. The van der Waals surface area contributed by atoms with E-state index in [1.54, 1.807) is 0 Å². The molecule has 3 N–H and O–H groups in total. The van der Waals surface area contributed by atoms with Gasteiger partial charge in [0, 0.05) is 13.2 Å². The van der Waals surface area contributed by atoms with Crippen LogP contribution in [0.4, 0.5) is 29.3 Å². The molecule has 0 aliphatic rings. The summed E-state index contributed by atoms with van der Waals surface area (Å²) < 4.78 is 60.7. The fourth-order valence-electron chi connectivity index (χ4n) is 3.23. The fraction of sp³-hybridized carbons (Fsp3) is 0.174. The van der Waals surface area contributed by atoms with Crippen LogP contribution in [0.2, 0.25) is 5.02 Å². The lowest BCUT2D eigenvalue weighted by Gasteiger charge is -2.16. The Labute approximate surface area is 211 Å². The molecule has 2 aromatic carbocycles. The van der Waals surface area contributed by atoms with Crippen molar-refractivity contribution in [3.05, 3.63) is 76.1 Å². The number of ketones is 1. The normalized spacial score (nSPS) is 12.0. The van der Waals surface area contributed by atoms with Crippen molar-refractivity contribution < 1.29 is 31.7 Å². The minimum atomic E-state index is -4.63. The Morgan fingerprint density at radius 2 is 1.83 bits per heavy atom. The van der Waals surface area contributed by atoms with Gasteiger partial charge in [0.1, 0.15) is 16.7 Å². The van der Waals surface area contributed by atoms with E-state index in [4.69, 9.17) is 16.3 Å². The highest BCUT2D eigenvalue weighted by atomic mass is 35.5. The molecule has 1 unspecified atom stereocenters. The Balaban J connectivity index is 2.01. The number of urea groups is 1. The van der Waals surface area contributed by atoms with Gasteiger partial charge in [-0.05, 0) is 42.8 Å². The lowest BCUT2D eigenvalue weighted by atomic mass is 10.0. The first-order valence-electron chi connectivity index (χ1n) is 10.2. The zero-order valence-corrected chi connectivity index (χ0v) is 20.7. The van der Waals surface area contributed by atoms with Gasteiger partial charge in [0.15, 0.2) is 5.75 Å². The third-order valence-electron chi connectivity index (χ3n) is 4.94. The van der Waals surface area contributed by atoms with Crippen molar-refractivity contribution >= 4 is 45.8 Å². The number of benzene rings is 2. The van der Waals surface area contributed by atoms with Crippen LogP contribution < -0.4 is 20.1 Å². The number of carbonyl (C=O) groups excluding carboxylic acids is 2. The predicted octanol–water partition coefficient (Wildman–Crippen LogP) is 5.19. The molecular formula is C23H20ClF3N4O4S. The van der Waals surface area contributed by atoms with E-state index in [0.717, 1.165) is 6.07 Å². The van der Waals surface area contributed by atoms with Crippen LogP contribution in [-0.4, -0.2) is 35.2 Å². The molecule has 190 valence electrons. The number of amides is 2. The van der Waals surface area contributed by atoms with Gasteiger partial charge in [-0.2, -0.15) is 13.2 Å². The largest absolute Gasteiger partial charge is 0.494 e. The Hall–Kier alpha value is -3.64. The van der Waals surface area contributed by atoms with Crippen LogP contribution in [0.25, 0.3) is 0 Å². The number of halogens is 4. The van der Waals surface area contributed by atoms with Crippen LogP contribution in [0.15, 0.2) is 53.6 Å². The third-order valence-corrected chi connectivity index (χ3v) is 6.23. The highest BCUT2D eigenvalue weighted by molar-refractivity contribution is 7.86. The Morgan fingerprint density at radius 1 is 1.11 bits per heavy atom. The van der Waals surface area contributed by atoms with E-state index < -0.39 is 34.5 Å². The molecule has 13 heteroatoms. The average molecular weight is 541 g/mol. The van der Waals surface area contributed by atoms with Crippen LogP contribution in [0.1, 0.15) is 27.2 Å². The van der Waals surface area contributed by atoms with Gasteiger partial charge in [-0.25, -0.2) is 14.0 Å². The number of rotatable bonds is 7. The Kier molecular flexibility index (Phi) is 8.21. The Morgan fingerprint density at radius 3 is 2.47 bits per heavy atom. The van der Waals surface area contributed by atoms with Gasteiger partial charge in [-0.15, -0.1) is 0 Å². The van der Waals surface area contributed by atoms with E-state index in [1.807, 2.05) is 0 Å². The molecule has 8 nitrogen and oxygen atoms in total. The summed E-state index contributed by atoms with van der Waals surface area (Å²) in [6.45, 7) is 1.29. The lowest BCUT2D eigenvalue weighted by Crippen LogP contribution is -2.25. The van der Waals surface area contributed by atoms with Crippen molar-refractivity contribution in [1.82, 2.24) is 10.3 Å². The SMILES string of the molecule is CNC(=O)Nc1cccc(C(=O)c2ncc(Cl)cc2NS(=O)c2ccc(C)c(C(F)(F)F)c2)c1OC. The van der Waals surface area contributed by atoms with Crippen LogP contribution in [0.5, 0.6) is 5.75 Å². The second kappa shape index (κ2) is 11.0. The number of aromatic nitrogens is 1. The van der Waals surface area contributed by atoms with E-state index in [2.05, 4.69) is 20.3 Å². The molecule has 0 aliphatic heterocycles. The molecule has 2 amide bonds. The zero-order chi connectivity index (χ0) is 26.6. The molecule has 1 atom stereocenters. The van der Waals surface area contributed by atoms with Crippen molar-refractivity contribution in [2.24, 2.45) is 0 Å². The average Bonchev–Trinajstić information content (AvgIpc) is 2.83. The van der Waals surface area contributed by atoms with E-state index in [0.29, 0.717) is 0 Å². The van der Waals surface area contributed by atoms with Gasteiger partial charge in [-0.1, -0.05) is 23.7 Å². The summed E-state index contributed by atoms with van der Waals surface area (Å²) in [6.07, 6.45) is -3.44. The standard InChI is InChI=1S/C23H20ClF3N4O4S/c1-12-7-8-14(10-16(12)23(25,26)27)36(34)31-18-9-13(24)11-29-19(18)20(32)15-5-4-6-17(21(15)35-3)30-22(33)28-2/h4-11,31H,1-3H3,(H2,28,30,33). The van der Waals surface area contributed by atoms with Gasteiger partial charge in [-0.3, -0.25) is 9.52 Å². The number of alkyl halides is 3. The number of aryl methyl sites for hydroxylation is 1. The van der Waals surface area contributed by atoms with E-state index in [-0.39, 0.29) is 43.9 Å². The summed E-state index contributed by atoms with van der Waals surface area (Å²) in [7, 11) is 0.524. The van der Waals surface area contributed by atoms with Gasteiger partial charge < -0.3 is 15.4 Å². The number of nitrogens with one attached hydrogen (secondary N) is 3. The zero-order valence-electron chi connectivity index (χ0n) is 19.1. The summed E-state index contributed by atoms with van der Waals surface area (Å²) in [5, 5.41) is 5.01. The van der Waals surface area contributed by atoms with Crippen molar-refractivity contribution in [3.8, 4) is 5.75 Å². The van der Waals surface area contributed by atoms with Crippen molar-refractivity contribution in [2.75, 3.05) is 24.2 Å². The molecule has 1 aromatic heterocycles. The van der Waals surface area contributed by atoms with E-state index >= 15 is 0 Å². The van der Waals surface area contributed by atoms with Crippen LogP contribution in [0, 0.1) is 6.92 Å². The maximum absolute atomic E-state index is 13.4. The molecule has 1 heterocycles. The van der Waals surface area contributed by atoms with E-state index in [1.165, 1.54) is 63.7 Å². The van der Waals surface area contributed by atoms with Gasteiger partial charge in [0.25, 0.3) is 0 Å². The first-order chi connectivity index (χ1) is 17.0. The number of nitrogens with zero attached hydrogens (tertiary/aromatic N) is 1. The van der Waals surface area contributed by atoms with Crippen LogP contribution in [-0.2, 0) is 17.2 Å². The molecule has 0 bridgehead atoms. The molecular weight excluding hydrogens is 521 g/mol. The van der Waals surface area contributed by atoms with E-state index in [9.17, 15) is 27.0 Å². The number of pyridine rings is 1. The minimum Gasteiger partial charge on any atom is -0.494 e. The van der Waals surface area contributed by atoms with Crippen molar-refractivity contribution in [2.45, 2.75) is 18.0 Å². The third kappa shape index (κ3) is 5.94. The number of carbonyl (C=O) groups is 2. The summed E-state index contributed by atoms with van der Waals surface area (Å²) in [6, 6.07) is 8.45. The monoisotopic (exact) mass is 540 g/mol. The number of anilines is 2. The second-order valence-corrected chi connectivity index (χ2v) is 8.96. The van der Waals surface area contributed by atoms with Crippen molar-refractivity contribution in [1.29, 1.82) is 0 Å². The summed E-state index contributed by atoms with van der Waals surface area (Å²) in [4.78, 5) is 29.0. The van der Waals surface area contributed by atoms with Gasteiger partial charge in [0.05, 0.1) is 39.5 Å².